The van der Waals surface area contributed by atoms with E-state index in [4.69, 9.17) is 39.8 Å². The second-order valence-electron chi connectivity index (χ2n) is 4.13. The number of hydrogen-bond acceptors (Lipinski definition) is 8. The van der Waals surface area contributed by atoms with Gasteiger partial charge < -0.3 is 34.4 Å². The average molecular weight is 262 g/mol. The second kappa shape index (κ2) is 3.85. The summed E-state index contributed by atoms with van der Waals surface area (Å²) in [5.41, 5.74) is 34.2. The third kappa shape index (κ3) is 1.56. The first-order valence-electron chi connectivity index (χ1n) is 5.26. The number of nitrogens with one attached hydrogen (secondary N) is 1. The number of carbonyl (C=O) groups is 1. The number of aliphatic imine (C=N–C) groups is 1. The van der Waals surface area contributed by atoms with E-state index >= 15 is 0 Å². The van der Waals surface area contributed by atoms with Crippen LogP contribution in [-0.2, 0) is 4.79 Å². The van der Waals surface area contributed by atoms with Gasteiger partial charge in [-0.3, -0.25) is 10.2 Å². The number of anilines is 5. The highest BCUT2D eigenvalue weighted by molar-refractivity contribution is 6.57. The van der Waals surface area contributed by atoms with Gasteiger partial charge in [-0.1, -0.05) is 0 Å². The van der Waals surface area contributed by atoms with E-state index in [9.17, 15) is 4.79 Å². The molecule has 0 amide bonds. The van der Waals surface area contributed by atoms with Crippen LogP contribution in [0.1, 0.15) is 5.56 Å². The number of rotatable bonds is 1. The first-order chi connectivity index (χ1) is 8.77. The van der Waals surface area contributed by atoms with Crippen molar-refractivity contribution in [2.45, 2.75) is 6.04 Å². The zero-order chi connectivity index (χ0) is 14.5. The van der Waals surface area contributed by atoms with E-state index in [1.807, 2.05) is 0 Å². The Kier molecular flexibility index (Phi) is 2.56. The van der Waals surface area contributed by atoms with Crippen molar-refractivity contribution < 1.29 is 4.79 Å². The smallest absolute Gasteiger partial charge is 0.206 e. The van der Waals surface area contributed by atoms with Gasteiger partial charge in [0.2, 0.25) is 5.78 Å². The predicted octanol–water partition coefficient (Wildman–Crippen LogP) is -1.73. The van der Waals surface area contributed by atoms with Gasteiger partial charge in [0.25, 0.3) is 0 Å². The lowest BCUT2D eigenvalue weighted by molar-refractivity contribution is -0.112. The summed E-state index contributed by atoms with van der Waals surface area (Å²) in [6.07, 6.45) is 0. The van der Waals surface area contributed by atoms with Gasteiger partial charge in [-0.25, -0.2) is 4.99 Å². The third-order valence-electron chi connectivity index (χ3n) is 2.98. The molecule has 1 unspecified atom stereocenters. The molecule has 1 atom stereocenters. The van der Waals surface area contributed by atoms with Crippen LogP contribution < -0.4 is 34.4 Å². The molecule has 13 N–H and O–H groups in total. The highest BCUT2D eigenvalue weighted by Gasteiger charge is 2.35. The summed E-state index contributed by atoms with van der Waals surface area (Å²) in [7, 11) is 0. The molecule has 19 heavy (non-hydrogen) atoms. The molecular formula is C10H14N8O. The Balaban J connectivity index is 2.76. The summed E-state index contributed by atoms with van der Waals surface area (Å²) in [5.74, 6) is -0.834. The number of nitrogens with two attached hydrogens (primary N) is 6. The number of nitrogens with zero attached hydrogens (tertiary/aromatic N) is 1. The Bertz CT molecular complexity index is 618. The first kappa shape index (κ1) is 12.6. The Labute approximate surface area is 108 Å². The van der Waals surface area contributed by atoms with Crippen LogP contribution in [-0.4, -0.2) is 23.4 Å². The summed E-state index contributed by atoms with van der Waals surface area (Å²) in [5, 5.41) is 7.45. The number of benzene rings is 1. The van der Waals surface area contributed by atoms with Gasteiger partial charge in [0.1, 0.15) is 17.6 Å². The van der Waals surface area contributed by atoms with Crippen molar-refractivity contribution in [1.29, 1.82) is 5.41 Å². The molecule has 0 aliphatic carbocycles. The fourth-order valence-electron chi connectivity index (χ4n) is 1.80. The summed E-state index contributed by atoms with van der Waals surface area (Å²) < 4.78 is 0. The molecule has 0 fully saturated rings. The van der Waals surface area contributed by atoms with Gasteiger partial charge in [-0.05, 0) is 0 Å². The summed E-state index contributed by atoms with van der Waals surface area (Å²) in [6, 6.07) is -1.13. The molecule has 9 heteroatoms. The number of ketones is 1. The third-order valence-corrected chi connectivity index (χ3v) is 2.98. The van der Waals surface area contributed by atoms with Gasteiger partial charge >= 0.3 is 0 Å². The van der Waals surface area contributed by atoms with Gasteiger partial charge in [-0.15, -0.1) is 0 Å². The van der Waals surface area contributed by atoms with E-state index in [2.05, 4.69) is 4.99 Å². The van der Waals surface area contributed by atoms with Gasteiger partial charge in [0.05, 0.1) is 34.0 Å². The van der Waals surface area contributed by atoms with Gasteiger partial charge in [-0.2, -0.15) is 0 Å². The largest absolute Gasteiger partial charge is 0.396 e. The molecule has 1 aliphatic heterocycles. The minimum Gasteiger partial charge on any atom is -0.396 e. The van der Waals surface area contributed by atoms with E-state index in [0.717, 1.165) is 0 Å². The molecule has 0 saturated heterocycles. The fraction of sp³-hybridized carbons (Fsp3) is 0.100. The van der Waals surface area contributed by atoms with Gasteiger partial charge in [0, 0.05) is 0 Å². The summed E-state index contributed by atoms with van der Waals surface area (Å²) >= 11 is 0. The number of nitrogen functional groups attached to an aromatic ring is 5. The summed E-state index contributed by atoms with van der Waals surface area (Å²) in [4.78, 5) is 15.7. The minimum absolute atomic E-state index is 0.00167. The molecule has 2 rings (SSSR count). The van der Waals surface area contributed by atoms with Crippen LogP contribution in [0.5, 0.6) is 0 Å². The second-order valence-corrected chi connectivity index (χ2v) is 4.13. The quantitative estimate of drug-likeness (QED) is 0.290. The van der Waals surface area contributed by atoms with E-state index in [-0.39, 0.29) is 45.5 Å². The summed E-state index contributed by atoms with van der Waals surface area (Å²) in [6.45, 7) is 0. The lowest BCUT2D eigenvalue weighted by Crippen LogP contribution is -2.35. The molecule has 1 aromatic rings. The molecule has 9 nitrogen and oxygen atoms in total. The van der Waals surface area contributed by atoms with E-state index in [1.165, 1.54) is 0 Å². The van der Waals surface area contributed by atoms with Crippen LogP contribution in [0.25, 0.3) is 0 Å². The zero-order valence-corrected chi connectivity index (χ0v) is 9.90. The molecule has 0 radical (unpaired) electrons. The highest BCUT2D eigenvalue weighted by Crippen LogP contribution is 2.39. The van der Waals surface area contributed by atoms with Crippen LogP contribution >= 0.6 is 0 Å². The van der Waals surface area contributed by atoms with Crippen LogP contribution in [0.4, 0.5) is 28.4 Å². The predicted molar refractivity (Wildman–Crippen MR) is 75.8 cm³/mol. The molecule has 1 aromatic carbocycles. The van der Waals surface area contributed by atoms with Crippen molar-refractivity contribution in [3.63, 3.8) is 0 Å². The zero-order valence-electron chi connectivity index (χ0n) is 9.90. The maximum absolute atomic E-state index is 11.9. The SMILES string of the molecule is N=C1N=C(c2c(N)c(N)c(N)c(N)c2N)C(=O)C1N. The van der Waals surface area contributed by atoms with Crippen molar-refractivity contribution in [2.75, 3.05) is 28.7 Å². The Hall–Kier alpha value is -2.81. The maximum Gasteiger partial charge on any atom is 0.206 e. The van der Waals surface area contributed by atoms with Crippen LogP contribution in [0.3, 0.4) is 0 Å². The van der Waals surface area contributed by atoms with Crippen LogP contribution in [0.2, 0.25) is 0 Å². The Morgan fingerprint density at radius 1 is 0.895 bits per heavy atom. The molecule has 0 aromatic heterocycles. The van der Waals surface area contributed by atoms with Gasteiger partial charge in [0.15, 0.2) is 0 Å². The molecule has 1 aliphatic rings. The minimum atomic E-state index is -1.13. The van der Waals surface area contributed by atoms with E-state index in [1.54, 1.807) is 0 Å². The highest BCUT2D eigenvalue weighted by atomic mass is 16.1. The molecule has 0 bridgehead atoms. The lowest BCUT2D eigenvalue weighted by Gasteiger charge is -2.16. The number of carbonyl (C=O) groups excluding carboxylic acids is 1. The van der Waals surface area contributed by atoms with Crippen molar-refractivity contribution in [2.24, 2.45) is 10.7 Å². The van der Waals surface area contributed by atoms with Crippen molar-refractivity contribution in [3.8, 4) is 0 Å². The number of hydrogen-bond donors (Lipinski definition) is 7. The van der Waals surface area contributed by atoms with Crippen molar-refractivity contribution in [3.05, 3.63) is 5.56 Å². The average Bonchev–Trinajstić information content (AvgIpc) is 2.62. The standard InChI is InChI=1S/C10H14N8O/c11-2-1(3(12)5(14)6(15)4(2)13)8-9(19)7(16)10(17)18-8/h7,17H,11-16H2. The van der Waals surface area contributed by atoms with E-state index < -0.39 is 11.8 Å². The molecule has 1 heterocycles. The first-order valence-corrected chi connectivity index (χ1v) is 5.26. The number of amidine groups is 1. The van der Waals surface area contributed by atoms with Crippen LogP contribution in [0.15, 0.2) is 4.99 Å². The van der Waals surface area contributed by atoms with Crippen molar-refractivity contribution in [1.82, 2.24) is 0 Å². The van der Waals surface area contributed by atoms with Crippen LogP contribution in [0, 0.1) is 5.41 Å². The number of Topliss-reactive ketones (excluding diaryl/α,β-unsaturated/α-hetero) is 1. The lowest BCUT2D eigenvalue weighted by atomic mass is 9.98. The Morgan fingerprint density at radius 2 is 1.32 bits per heavy atom. The molecule has 0 saturated carbocycles. The van der Waals surface area contributed by atoms with E-state index in [0.29, 0.717) is 0 Å². The fourth-order valence-corrected chi connectivity index (χ4v) is 1.80. The molecule has 0 spiro atoms. The molecular weight excluding hydrogens is 248 g/mol. The normalized spacial score (nSPS) is 18.8. The molecule has 100 valence electrons. The topological polar surface area (TPSA) is 209 Å². The van der Waals surface area contributed by atoms with Crippen molar-refractivity contribution >= 4 is 45.8 Å². The monoisotopic (exact) mass is 262 g/mol. The Morgan fingerprint density at radius 3 is 1.68 bits per heavy atom. The maximum atomic E-state index is 11.9.